The van der Waals surface area contributed by atoms with Crippen LogP contribution >= 0.6 is 11.8 Å². The van der Waals surface area contributed by atoms with Crippen molar-refractivity contribution in [1.29, 1.82) is 0 Å². The second-order valence-corrected chi connectivity index (χ2v) is 3.78. The zero-order valence-corrected chi connectivity index (χ0v) is 8.76. The highest BCUT2D eigenvalue weighted by molar-refractivity contribution is 7.99. The number of oxime groups is 1. The van der Waals surface area contributed by atoms with Crippen LogP contribution in [0, 0.1) is 6.92 Å². The van der Waals surface area contributed by atoms with E-state index in [0.717, 1.165) is 0 Å². The van der Waals surface area contributed by atoms with Gasteiger partial charge in [0.25, 0.3) is 5.56 Å². The molecule has 14 heavy (non-hydrogen) atoms. The molecular weight excluding hydrogens is 202 g/mol. The zero-order chi connectivity index (χ0) is 10.6. The first-order chi connectivity index (χ1) is 6.61. The summed E-state index contributed by atoms with van der Waals surface area (Å²) in [5.41, 5.74) is 1.09. The lowest BCUT2D eigenvalue weighted by Gasteiger charge is -1.99. The first-order valence-electron chi connectivity index (χ1n) is 4.00. The summed E-state index contributed by atoms with van der Waals surface area (Å²) in [6.45, 7) is 3.45. The van der Waals surface area contributed by atoms with Crippen LogP contribution in [0.5, 0.6) is 0 Å². The molecule has 1 rings (SSSR count). The lowest BCUT2D eigenvalue weighted by molar-refractivity contribution is 0.318. The van der Waals surface area contributed by atoms with Crippen molar-refractivity contribution in [3.05, 3.63) is 22.1 Å². The number of rotatable bonds is 3. The highest BCUT2D eigenvalue weighted by Gasteiger charge is 2.00. The molecule has 0 aliphatic carbocycles. The molecule has 0 saturated carbocycles. The van der Waals surface area contributed by atoms with Gasteiger partial charge in [-0.2, -0.15) is 0 Å². The molecule has 1 aromatic heterocycles. The van der Waals surface area contributed by atoms with Gasteiger partial charge in [0.1, 0.15) is 0 Å². The fourth-order valence-electron chi connectivity index (χ4n) is 0.822. The minimum Gasteiger partial charge on any atom is -0.411 e. The van der Waals surface area contributed by atoms with Gasteiger partial charge in [-0.3, -0.25) is 4.79 Å². The van der Waals surface area contributed by atoms with E-state index in [1.54, 1.807) is 13.8 Å². The predicted octanol–water partition coefficient (Wildman–Crippen LogP) is 1.02. The molecule has 0 radical (unpaired) electrons. The van der Waals surface area contributed by atoms with Crippen LogP contribution in [0.25, 0.3) is 0 Å². The summed E-state index contributed by atoms with van der Waals surface area (Å²) in [4.78, 5) is 17.7. The van der Waals surface area contributed by atoms with Crippen molar-refractivity contribution in [2.24, 2.45) is 5.16 Å². The normalized spacial score (nSPS) is 11.7. The molecule has 0 amide bonds. The number of nitrogens with one attached hydrogen (secondary N) is 1. The lowest BCUT2D eigenvalue weighted by atomic mass is 10.5. The van der Waals surface area contributed by atoms with Crippen LogP contribution in [0.4, 0.5) is 0 Å². The molecule has 0 aliphatic rings. The van der Waals surface area contributed by atoms with E-state index in [4.69, 9.17) is 5.21 Å². The quantitative estimate of drug-likeness (QED) is 0.258. The topological polar surface area (TPSA) is 78.3 Å². The van der Waals surface area contributed by atoms with E-state index >= 15 is 0 Å². The fraction of sp³-hybridized carbons (Fsp3) is 0.375. The molecule has 0 fully saturated rings. The van der Waals surface area contributed by atoms with Gasteiger partial charge in [-0.25, -0.2) is 4.98 Å². The third kappa shape index (κ3) is 3.21. The van der Waals surface area contributed by atoms with E-state index in [1.807, 2.05) is 0 Å². The van der Waals surface area contributed by atoms with Gasteiger partial charge in [-0.1, -0.05) is 16.9 Å². The third-order valence-corrected chi connectivity index (χ3v) is 2.47. The average Bonchev–Trinajstić information content (AvgIpc) is 2.12. The van der Waals surface area contributed by atoms with Gasteiger partial charge >= 0.3 is 0 Å². The van der Waals surface area contributed by atoms with Crippen molar-refractivity contribution in [2.45, 2.75) is 19.0 Å². The molecule has 0 saturated heterocycles. The maximum atomic E-state index is 11.0. The van der Waals surface area contributed by atoms with Crippen molar-refractivity contribution in [2.75, 3.05) is 5.75 Å². The molecule has 1 aromatic rings. The molecule has 6 heteroatoms. The van der Waals surface area contributed by atoms with Crippen LogP contribution in [0.3, 0.4) is 0 Å². The molecule has 0 atom stereocenters. The van der Waals surface area contributed by atoms with Crippen LogP contribution in [0.15, 0.2) is 21.2 Å². The molecular formula is C8H11N3O2S. The molecule has 76 valence electrons. The van der Waals surface area contributed by atoms with Gasteiger partial charge in [-0.05, 0) is 13.8 Å². The van der Waals surface area contributed by atoms with Gasteiger partial charge in [-0.15, -0.1) is 0 Å². The second-order valence-electron chi connectivity index (χ2n) is 2.82. The standard InChI is InChI=1S/C8H11N3O2S/c1-5-3-7(12)10-8(9-5)14-4-6(2)11-13/h3,13H,4H2,1-2H3,(H,9,10,12)/b11-6+. The van der Waals surface area contributed by atoms with E-state index < -0.39 is 0 Å². The van der Waals surface area contributed by atoms with Crippen molar-refractivity contribution in [3.8, 4) is 0 Å². The summed E-state index contributed by atoms with van der Waals surface area (Å²) < 4.78 is 0. The molecule has 2 N–H and O–H groups in total. The number of nitrogens with zero attached hydrogens (tertiary/aromatic N) is 2. The van der Waals surface area contributed by atoms with Crippen LogP contribution in [0.2, 0.25) is 0 Å². The van der Waals surface area contributed by atoms with Gasteiger partial charge < -0.3 is 10.2 Å². The number of aromatic nitrogens is 2. The Hall–Kier alpha value is -1.30. The first kappa shape index (κ1) is 10.8. The summed E-state index contributed by atoms with van der Waals surface area (Å²) in [5, 5.41) is 12.0. The van der Waals surface area contributed by atoms with Crippen molar-refractivity contribution in [3.63, 3.8) is 0 Å². The molecule has 5 nitrogen and oxygen atoms in total. The minimum atomic E-state index is -0.168. The van der Waals surface area contributed by atoms with Gasteiger partial charge in [0.15, 0.2) is 5.16 Å². The Bertz CT molecular complexity index is 400. The predicted molar refractivity (Wildman–Crippen MR) is 55.2 cm³/mol. The Morgan fingerprint density at radius 3 is 3.07 bits per heavy atom. The molecule has 1 heterocycles. The first-order valence-corrected chi connectivity index (χ1v) is 4.98. The van der Waals surface area contributed by atoms with E-state index in [9.17, 15) is 4.79 Å². The Labute approximate surface area is 85.3 Å². The third-order valence-electron chi connectivity index (χ3n) is 1.44. The maximum absolute atomic E-state index is 11.0. The van der Waals surface area contributed by atoms with E-state index in [1.165, 1.54) is 17.8 Å². The van der Waals surface area contributed by atoms with Crippen molar-refractivity contribution < 1.29 is 5.21 Å². The van der Waals surface area contributed by atoms with E-state index in [0.29, 0.717) is 22.3 Å². The highest BCUT2D eigenvalue weighted by atomic mass is 32.2. The summed E-state index contributed by atoms with van der Waals surface area (Å²) in [6, 6.07) is 1.43. The fourth-order valence-corrected chi connectivity index (χ4v) is 1.61. The van der Waals surface area contributed by atoms with Crippen LogP contribution in [0.1, 0.15) is 12.6 Å². The molecule has 0 aliphatic heterocycles. The lowest BCUT2D eigenvalue weighted by Crippen LogP contribution is -2.09. The number of hydrogen-bond donors (Lipinski definition) is 2. The molecule has 0 aromatic carbocycles. The highest BCUT2D eigenvalue weighted by Crippen LogP contribution is 2.10. The minimum absolute atomic E-state index is 0.168. The smallest absolute Gasteiger partial charge is 0.251 e. The number of thioether (sulfide) groups is 1. The number of hydrogen-bond acceptors (Lipinski definition) is 5. The van der Waals surface area contributed by atoms with Gasteiger partial charge in [0.2, 0.25) is 0 Å². The van der Waals surface area contributed by atoms with Gasteiger partial charge in [0, 0.05) is 17.5 Å². The molecule has 0 spiro atoms. The SMILES string of the molecule is C/C(CSc1nc(C)cc(=O)[nH]1)=N\O. The van der Waals surface area contributed by atoms with Crippen molar-refractivity contribution >= 4 is 17.5 Å². The Morgan fingerprint density at radius 2 is 2.50 bits per heavy atom. The summed E-state index contributed by atoms with van der Waals surface area (Å²) in [6.07, 6.45) is 0. The Balaban J connectivity index is 2.73. The largest absolute Gasteiger partial charge is 0.411 e. The van der Waals surface area contributed by atoms with Gasteiger partial charge in [0.05, 0.1) is 5.71 Å². The second kappa shape index (κ2) is 4.80. The molecule has 0 unspecified atom stereocenters. The Kier molecular flexibility index (Phi) is 3.70. The summed E-state index contributed by atoms with van der Waals surface area (Å²) in [5.74, 6) is 0.503. The Morgan fingerprint density at radius 1 is 1.79 bits per heavy atom. The molecule has 0 bridgehead atoms. The van der Waals surface area contributed by atoms with Crippen molar-refractivity contribution in [1.82, 2.24) is 9.97 Å². The average molecular weight is 213 g/mol. The van der Waals surface area contributed by atoms with Crippen LogP contribution in [-0.4, -0.2) is 26.6 Å². The monoisotopic (exact) mass is 213 g/mol. The number of H-pyrrole nitrogens is 1. The van der Waals surface area contributed by atoms with Crippen LogP contribution < -0.4 is 5.56 Å². The van der Waals surface area contributed by atoms with Crippen LogP contribution in [-0.2, 0) is 0 Å². The number of aromatic amines is 1. The van der Waals surface area contributed by atoms with E-state index in [2.05, 4.69) is 15.1 Å². The zero-order valence-electron chi connectivity index (χ0n) is 7.94. The summed E-state index contributed by atoms with van der Waals surface area (Å²) >= 11 is 1.32. The van der Waals surface area contributed by atoms with E-state index in [-0.39, 0.29) is 5.56 Å². The maximum Gasteiger partial charge on any atom is 0.251 e. The number of aryl methyl sites for hydroxylation is 1. The summed E-state index contributed by atoms with van der Waals surface area (Å²) in [7, 11) is 0.